The number of rotatable bonds is 0. The molecule has 0 unspecified atom stereocenters. The highest BCUT2D eigenvalue weighted by Crippen LogP contribution is 2.61. The molecular weight excluding hydrogens is 216 g/mol. The van der Waals surface area contributed by atoms with E-state index in [9.17, 15) is 11.7 Å². The van der Waals surface area contributed by atoms with Crippen LogP contribution in [-0.4, -0.2) is 0 Å². The van der Waals surface area contributed by atoms with Crippen molar-refractivity contribution in [1.82, 2.24) is 0 Å². The summed E-state index contributed by atoms with van der Waals surface area (Å²) < 4.78 is 31.3. The second-order valence-electron chi connectivity index (χ2n) is 0.350. The molecule has 0 atom stereocenters. The first-order valence-corrected chi connectivity index (χ1v) is 4.49. The number of halogens is 4. The molecule has 0 fully saturated rings. The van der Waals surface area contributed by atoms with Crippen molar-refractivity contribution >= 4 is 29.6 Å². The lowest BCUT2D eigenvalue weighted by Crippen LogP contribution is -1.42. The Balaban J connectivity index is 3.02. The predicted octanol–water partition coefficient (Wildman–Crippen LogP) is 2.79. The molecule has 5 heavy (non-hydrogen) atoms. The van der Waals surface area contributed by atoms with Gasteiger partial charge < -0.3 is 0 Å². The monoisotopic (exact) mass is 216 g/mol. The summed E-state index contributed by atoms with van der Waals surface area (Å²) in [5.41, 5.74) is 0. The molecule has 0 saturated carbocycles. The van der Waals surface area contributed by atoms with Crippen LogP contribution in [0.3, 0.4) is 0 Å². The van der Waals surface area contributed by atoms with Gasteiger partial charge in [0.1, 0.15) is 0 Å². The van der Waals surface area contributed by atoms with Gasteiger partial charge in [-0.25, -0.2) is 0 Å². The predicted molar refractivity (Wildman–Crippen MR) is 24.9 cm³/mol. The molecule has 0 aromatic heterocycles. The minimum atomic E-state index is -4.70. The van der Waals surface area contributed by atoms with E-state index in [2.05, 4.69) is 0 Å². The van der Waals surface area contributed by atoms with Gasteiger partial charge in [0.15, 0.2) is 0 Å². The molecule has 0 nitrogen and oxygen atoms in total. The average molecular weight is 216 g/mol. The second kappa shape index (κ2) is 1.55. The maximum atomic E-state index is 10.4. The molecule has 0 heterocycles. The third-order valence-corrected chi connectivity index (χ3v) is 0. The molecule has 0 rings (SSSR count). The maximum absolute atomic E-state index is 10.4. The van der Waals surface area contributed by atoms with Gasteiger partial charge in [0, 0.05) is 0 Å². The van der Waals surface area contributed by atoms with Crippen molar-refractivity contribution in [3.8, 4) is 0 Å². The smallest absolute Gasteiger partial charge is 0.114 e. The molecule has 0 saturated heterocycles. The zero-order valence-corrected chi connectivity index (χ0v) is 4.89. The van der Waals surface area contributed by atoms with Gasteiger partial charge in [-0.15, -0.1) is 11.7 Å². The first-order chi connectivity index (χ1) is 2.00. The summed E-state index contributed by atoms with van der Waals surface area (Å²) in [5.74, 6) is 0. The highest BCUT2D eigenvalue weighted by Gasteiger charge is 2.11. The Bertz CT molecular complexity index is 22.4. The molecular formula is F3IS. The summed E-state index contributed by atoms with van der Waals surface area (Å²) in [6, 6.07) is 0. The Morgan fingerprint density at radius 1 is 1.20 bits per heavy atom. The normalized spacial score (nSPS) is 15.2. The van der Waals surface area contributed by atoms with Crippen LogP contribution in [-0.2, 0) is 0 Å². The lowest BCUT2D eigenvalue weighted by molar-refractivity contribution is 0.672. The topological polar surface area (TPSA) is 0 Å². The molecule has 0 radical (unpaired) electrons. The Morgan fingerprint density at radius 3 is 1.20 bits per heavy atom. The Hall–Kier alpha value is 0.870. The van der Waals surface area contributed by atoms with E-state index < -0.39 is 8.36 Å². The van der Waals surface area contributed by atoms with E-state index in [-0.39, 0.29) is 0 Å². The van der Waals surface area contributed by atoms with Crippen LogP contribution in [0.2, 0.25) is 0 Å². The zero-order valence-electron chi connectivity index (χ0n) is 1.92. The molecule has 0 bridgehead atoms. The quantitative estimate of drug-likeness (QED) is 0.546. The lowest BCUT2D eigenvalue weighted by atomic mass is 18.8. The van der Waals surface area contributed by atoms with E-state index in [0.29, 0.717) is 21.2 Å². The molecule has 0 N–H and O–H groups in total. The summed E-state index contributed by atoms with van der Waals surface area (Å²) in [4.78, 5) is 0. The van der Waals surface area contributed by atoms with Gasteiger partial charge in [-0.3, -0.25) is 0 Å². The van der Waals surface area contributed by atoms with E-state index in [1.54, 1.807) is 0 Å². The van der Waals surface area contributed by atoms with Crippen molar-refractivity contribution in [2.45, 2.75) is 0 Å². The summed E-state index contributed by atoms with van der Waals surface area (Å²) in [6.07, 6.45) is 0. The summed E-state index contributed by atoms with van der Waals surface area (Å²) >= 11 is 0.461. The molecule has 5 heteroatoms. The van der Waals surface area contributed by atoms with E-state index in [1.807, 2.05) is 0 Å². The van der Waals surface area contributed by atoms with Crippen LogP contribution in [0.1, 0.15) is 0 Å². The summed E-state index contributed by atoms with van der Waals surface area (Å²) in [6.45, 7) is 0. The fourth-order valence-electron chi connectivity index (χ4n) is 0. The molecule has 34 valence electrons. The van der Waals surface area contributed by atoms with Crippen LogP contribution in [0.15, 0.2) is 0 Å². The van der Waals surface area contributed by atoms with Crippen LogP contribution in [0.5, 0.6) is 0 Å². The molecule has 0 aromatic carbocycles. The molecule has 0 aliphatic rings. The summed E-state index contributed by atoms with van der Waals surface area (Å²) in [5, 5.41) is 0. The lowest BCUT2D eigenvalue weighted by Gasteiger charge is -1.91. The van der Waals surface area contributed by atoms with E-state index in [4.69, 9.17) is 0 Å². The Morgan fingerprint density at radius 2 is 1.20 bits per heavy atom. The molecule has 0 aliphatic carbocycles. The van der Waals surface area contributed by atoms with Gasteiger partial charge in [0.25, 0.3) is 8.36 Å². The van der Waals surface area contributed by atoms with Gasteiger partial charge in [0.05, 0.1) is 21.2 Å². The van der Waals surface area contributed by atoms with Gasteiger partial charge in [0.2, 0.25) is 0 Å². The first kappa shape index (κ1) is 5.87. The molecule has 0 spiro atoms. The summed E-state index contributed by atoms with van der Waals surface area (Å²) in [7, 11) is -4.70. The van der Waals surface area contributed by atoms with Crippen molar-refractivity contribution < 1.29 is 11.7 Å². The highest BCUT2D eigenvalue weighted by atomic mass is 127. The van der Waals surface area contributed by atoms with Crippen LogP contribution < -0.4 is 0 Å². The Kier molecular flexibility index (Phi) is 1.81. The largest absolute Gasteiger partial charge is 0.262 e. The molecule has 0 aromatic rings. The van der Waals surface area contributed by atoms with Crippen LogP contribution in [0.25, 0.3) is 0 Å². The molecule has 0 aliphatic heterocycles. The van der Waals surface area contributed by atoms with E-state index >= 15 is 0 Å². The maximum Gasteiger partial charge on any atom is 0.262 e. The van der Waals surface area contributed by atoms with E-state index in [1.165, 1.54) is 0 Å². The minimum absolute atomic E-state index is 0.461. The zero-order chi connectivity index (χ0) is 4.50. The minimum Gasteiger partial charge on any atom is -0.114 e. The van der Waals surface area contributed by atoms with Crippen LogP contribution in [0.4, 0.5) is 11.7 Å². The van der Waals surface area contributed by atoms with Crippen molar-refractivity contribution in [1.29, 1.82) is 0 Å². The number of hydrogen-bond donors (Lipinski definition) is 0. The molecule has 0 amide bonds. The average Bonchev–Trinajstić information content (AvgIpc) is 0.722. The van der Waals surface area contributed by atoms with Crippen molar-refractivity contribution in [2.24, 2.45) is 0 Å². The van der Waals surface area contributed by atoms with Crippen molar-refractivity contribution in [2.75, 3.05) is 0 Å². The van der Waals surface area contributed by atoms with Gasteiger partial charge in [-0.2, -0.15) is 0 Å². The third kappa shape index (κ3) is 53.0. The first-order valence-electron chi connectivity index (χ1n) is 0.617. The fraction of sp³-hybridized carbons (Fsp3) is 0. The van der Waals surface area contributed by atoms with Crippen molar-refractivity contribution in [3.63, 3.8) is 0 Å². The second-order valence-corrected chi connectivity index (χ2v) is 4.05. The fourth-order valence-corrected chi connectivity index (χ4v) is 0. The standard InChI is InChI=1S/F3IS/c1-5(2,3)4. The van der Waals surface area contributed by atoms with Gasteiger partial charge in [-0.1, -0.05) is 0 Å². The van der Waals surface area contributed by atoms with Crippen LogP contribution >= 0.6 is 29.6 Å². The highest BCUT2D eigenvalue weighted by molar-refractivity contribution is 14.2. The number of hydrogen-bond acceptors (Lipinski definition) is 0. The van der Waals surface area contributed by atoms with Gasteiger partial charge >= 0.3 is 0 Å². The SMILES string of the molecule is FS(F)(F)I. The van der Waals surface area contributed by atoms with Gasteiger partial charge in [-0.05, 0) is 0 Å². The van der Waals surface area contributed by atoms with Crippen molar-refractivity contribution in [3.05, 3.63) is 0 Å². The Labute approximate surface area is 41.5 Å². The third-order valence-electron chi connectivity index (χ3n) is 0. The van der Waals surface area contributed by atoms with Crippen LogP contribution in [0, 0.1) is 0 Å². The van der Waals surface area contributed by atoms with E-state index in [0.717, 1.165) is 0 Å².